The number of nitrogens with zero attached hydrogens (tertiary/aromatic N) is 2. The molecule has 6 heteroatoms. The van der Waals surface area contributed by atoms with Gasteiger partial charge in [0, 0.05) is 39.1 Å². The van der Waals surface area contributed by atoms with Gasteiger partial charge in [0.05, 0.1) is 13.2 Å². The molecule has 0 radical (unpaired) electrons. The molecule has 0 saturated carbocycles. The maximum absolute atomic E-state index is 12.6. The first kappa shape index (κ1) is 18.4. The van der Waals surface area contributed by atoms with Gasteiger partial charge in [-0.25, -0.2) is 0 Å². The summed E-state index contributed by atoms with van der Waals surface area (Å²) in [7, 11) is 0. The second-order valence-electron chi connectivity index (χ2n) is 6.30. The van der Waals surface area contributed by atoms with Crippen LogP contribution >= 0.6 is 0 Å². The average molecular weight is 333 g/mol. The summed E-state index contributed by atoms with van der Waals surface area (Å²) >= 11 is 0. The summed E-state index contributed by atoms with van der Waals surface area (Å²) in [6.07, 6.45) is 1.81. The van der Waals surface area contributed by atoms with Gasteiger partial charge in [0.25, 0.3) is 0 Å². The fraction of sp³-hybridized carbons (Fsp3) is 0.556. The number of benzene rings is 1. The molecule has 0 aromatic heterocycles. The van der Waals surface area contributed by atoms with Gasteiger partial charge in [0.1, 0.15) is 0 Å². The van der Waals surface area contributed by atoms with Gasteiger partial charge in [-0.1, -0.05) is 30.3 Å². The molecular weight excluding hydrogens is 306 g/mol. The standard InChI is InChI=1S/C18H27N3O3/c1-15(23)19-17-8-5-9-21(13-17)18(24)14-20(10-11-22)12-16-6-3-2-4-7-16/h2-4,6-7,17,22H,5,8-14H2,1H3,(H,19,23). The number of piperidine rings is 1. The number of hydrogen-bond donors (Lipinski definition) is 2. The topological polar surface area (TPSA) is 72.9 Å². The van der Waals surface area contributed by atoms with Crippen molar-refractivity contribution in [3.05, 3.63) is 35.9 Å². The summed E-state index contributed by atoms with van der Waals surface area (Å²) in [4.78, 5) is 27.6. The summed E-state index contributed by atoms with van der Waals surface area (Å²) in [5, 5.41) is 12.2. The molecule has 1 aromatic rings. The smallest absolute Gasteiger partial charge is 0.236 e. The minimum atomic E-state index is -0.0553. The molecule has 1 aromatic carbocycles. The largest absolute Gasteiger partial charge is 0.395 e. The van der Waals surface area contributed by atoms with E-state index in [0.29, 0.717) is 19.6 Å². The zero-order chi connectivity index (χ0) is 17.4. The second-order valence-corrected chi connectivity index (χ2v) is 6.30. The van der Waals surface area contributed by atoms with E-state index < -0.39 is 0 Å². The van der Waals surface area contributed by atoms with Crippen LogP contribution in [0.5, 0.6) is 0 Å². The lowest BCUT2D eigenvalue weighted by molar-refractivity contribution is -0.134. The van der Waals surface area contributed by atoms with Crippen LogP contribution < -0.4 is 5.32 Å². The van der Waals surface area contributed by atoms with Crippen molar-refractivity contribution in [2.45, 2.75) is 32.4 Å². The van der Waals surface area contributed by atoms with Gasteiger partial charge in [0.2, 0.25) is 11.8 Å². The Morgan fingerprint density at radius 2 is 2.08 bits per heavy atom. The van der Waals surface area contributed by atoms with E-state index in [1.165, 1.54) is 6.92 Å². The Bertz CT molecular complexity index is 536. The second kappa shape index (κ2) is 9.39. The Morgan fingerprint density at radius 1 is 1.33 bits per heavy atom. The van der Waals surface area contributed by atoms with E-state index >= 15 is 0 Å². The molecule has 1 unspecified atom stereocenters. The first-order chi connectivity index (χ1) is 11.6. The van der Waals surface area contributed by atoms with Crippen LogP contribution in [0.1, 0.15) is 25.3 Å². The quantitative estimate of drug-likeness (QED) is 0.767. The van der Waals surface area contributed by atoms with Crippen LogP contribution in [0.2, 0.25) is 0 Å². The Labute approximate surface area is 143 Å². The molecule has 1 atom stereocenters. The van der Waals surface area contributed by atoms with Crippen molar-refractivity contribution in [2.24, 2.45) is 0 Å². The van der Waals surface area contributed by atoms with E-state index in [-0.39, 0.29) is 31.0 Å². The third-order valence-electron chi connectivity index (χ3n) is 4.21. The number of amides is 2. The van der Waals surface area contributed by atoms with Crippen LogP contribution in [-0.4, -0.2) is 65.5 Å². The number of carbonyl (C=O) groups excluding carboxylic acids is 2. The van der Waals surface area contributed by atoms with Gasteiger partial charge in [-0.3, -0.25) is 14.5 Å². The van der Waals surface area contributed by atoms with Crippen molar-refractivity contribution in [2.75, 3.05) is 32.8 Å². The van der Waals surface area contributed by atoms with Gasteiger partial charge < -0.3 is 15.3 Å². The van der Waals surface area contributed by atoms with Crippen LogP contribution in [-0.2, 0) is 16.1 Å². The van der Waals surface area contributed by atoms with Gasteiger partial charge >= 0.3 is 0 Å². The first-order valence-electron chi connectivity index (χ1n) is 8.50. The molecule has 1 fully saturated rings. The van der Waals surface area contributed by atoms with Crippen LogP contribution in [0, 0.1) is 0 Å². The van der Waals surface area contributed by atoms with E-state index in [0.717, 1.165) is 24.9 Å². The lowest BCUT2D eigenvalue weighted by atomic mass is 10.1. The molecule has 24 heavy (non-hydrogen) atoms. The number of nitrogens with one attached hydrogen (secondary N) is 1. The SMILES string of the molecule is CC(=O)NC1CCCN(C(=O)CN(CCO)Cc2ccccc2)C1. The van der Waals surface area contributed by atoms with Gasteiger partial charge in [-0.2, -0.15) is 0 Å². The maximum atomic E-state index is 12.6. The molecule has 1 heterocycles. The first-order valence-corrected chi connectivity index (χ1v) is 8.50. The lowest BCUT2D eigenvalue weighted by Gasteiger charge is -2.34. The van der Waals surface area contributed by atoms with Crippen molar-refractivity contribution in [3.8, 4) is 0 Å². The highest BCUT2D eigenvalue weighted by Gasteiger charge is 2.25. The Kier molecular flexibility index (Phi) is 7.21. The fourth-order valence-electron chi connectivity index (χ4n) is 3.10. The number of carbonyl (C=O) groups is 2. The minimum Gasteiger partial charge on any atom is -0.395 e. The monoisotopic (exact) mass is 333 g/mol. The van der Waals surface area contributed by atoms with Crippen LogP contribution in [0.15, 0.2) is 30.3 Å². The molecule has 0 spiro atoms. The summed E-state index contributed by atoms with van der Waals surface area (Å²) in [5.41, 5.74) is 1.12. The summed E-state index contributed by atoms with van der Waals surface area (Å²) in [6, 6.07) is 9.97. The van der Waals surface area contributed by atoms with E-state index in [1.807, 2.05) is 40.1 Å². The number of hydrogen-bond acceptors (Lipinski definition) is 4. The summed E-state index contributed by atoms with van der Waals surface area (Å²) < 4.78 is 0. The summed E-state index contributed by atoms with van der Waals surface area (Å²) in [6.45, 7) is 4.20. The van der Waals surface area contributed by atoms with E-state index in [1.54, 1.807) is 0 Å². The van der Waals surface area contributed by atoms with Crippen molar-refractivity contribution in [3.63, 3.8) is 0 Å². The van der Waals surface area contributed by atoms with E-state index in [9.17, 15) is 14.7 Å². The predicted molar refractivity (Wildman–Crippen MR) is 92.2 cm³/mol. The fourth-order valence-corrected chi connectivity index (χ4v) is 3.10. The van der Waals surface area contributed by atoms with E-state index in [4.69, 9.17) is 0 Å². The average Bonchev–Trinajstić information content (AvgIpc) is 2.55. The minimum absolute atomic E-state index is 0.0225. The Morgan fingerprint density at radius 3 is 2.75 bits per heavy atom. The van der Waals surface area contributed by atoms with Gasteiger partial charge in [0.15, 0.2) is 0 Å². The van der Waals surface area contributed by atoms with E-state index in [2.05, 4.69) is 5.32 Å². The lowest BCUT2D eigenvalue weighted by Crippen LogP contribution is -2.51. The third kappa shape index (κ3) is 5.94. The molecule has 2 N–H and O–H groups in total. The molecule has 1 aliphatic rings. The highest BCUT2D eigenvalue weighted by molar-refractivity contribution is 5.78. The highest BCUT2D eigenvalue weighted by atomic mass is 16.3. The number of aliphatic hydroxyl groups is 1. The summed E-state index contributed by atoms with van der Waals surface area (Å²) in [5.74, 6) is -0.00489. The third-order valence-corrected chi connectivity index (χ3v) is 4.21. The molecule has 0 aliphatic carbocycles. The molecule has 2 amide bonds. The number of aliphatic hydroxyl groups excluding tert-OH is 1. The van der Waals surface area contributed by atoms with Crippen molar-refractivity contribution in [1.29, 1.82) is 0 Å². The number of likely N-dealkylation sites (tertiary alicyclic amines) is 1. The maximum Gasteiger partial charge on any atom is 0.236 e. The molecule has 1 aliphatic heterocycles. The van der Waals surface area contributed by atoms with Crippen LogP contribution in [0.4, 0.5) is 0 Å². The Balaban J connectivity index is 1.90. The van der Waals surface area contributed by atoms with Crippen molar-refractivity contribution in [1.82, 2.24) is 15.1 Å². The Hall–Kier alpha value is -1.92. The predicted octanol–water partition coefficient (Wildman–Crippen LogP) is 0.608. The number of rotatable bonds is 7. The van der Waals surface area contributed by atoms with Crippen molar-refractivity contribution < 1.29 is 14.7 Å². The van der Waals surface area contributed by atoms with Crippen LogP contribution in [0.25, 0.3) is 0 Å². The molecule has 132 valence electrons. The van der Waals surface area contributed by atoms with Crippen LogP contribution in [0.3, 0.4) is 0 Å². The van der Waals surface area contributed by atoms with Crippen molar-refractivity contribution >= 4 is 11.8 Å². The van der Waals surface area contributed by atoms with Gasteiger partial charge in [-0.15, -0.1) is 0 Å². The molecular formula is C18H27N3O3. The zero-order valence-electron chi connectivity index (χ0n) is 14.3. The van der Waals surface area contributed by atoms with Gasteiger partial charge in [-0.05, 0) is 18.4 Å². The molecule has 6 nitrogen and oxygen atoms in total. The normalized spacial score (nSPS) is 17.8. The molecule has 0 bridgehead atoms. The molecule has 2 rings (SSSR count). The molecule has 1 saturated heterocycles. The zero-order valence-corrected chi connectivity index (χ0v) is 14.3. The highest BCUT2D eigenvalue weighted by Crippen LogP contribution is 2.12.